The van der Waals surface area contributed by atoms with Crippen molar-refractivity contribution >= 4 is 17.4 Å². The third-order valence-corrected chi connectivity index (χ3v) is 3.37. The van der Waals surface area contributed by atoms with Crippen molar-refractivity contribution in [2.45, 2.75) is 19.9 Å². The summed E-state index contributed by atoms with van der Waals surface area (Å²) in [6, 6.07) is 5.07. The van der Waals surface area contributed by atoms with Gasteiger partial charge in [0.25, 0.3) is 0 Å². The lowest BCUT2D eigenvalue weighted by atomic mass is 10.1. The molecule has 6 heteroatoms. The zero-order valence-electron chi connectivity index (χ0n) is 12.2. The quantitative estimate of drug-likeness (QED) is 0.769. The Bertz CT molecular complexity index is 652. The van der Waals surface area contributed by atoms with E-state index in [1.807, 2.05) is 6.92 Å². The summed E-state index contributed by atoms with van der Waals surface area (Å²) in [6.45, 7) is 2.63. The Morgan fingerprint density at radius 1 is 1.33 bits per heavy atom. The summed E-state index contributed by atoms with van der Waals surface area (Å²) in [5.74, 6) is 0.819. The van der Waals surface area contributed by atoms with Crippen LogP contribution >= 0.6 is 11.6 Å². The largest absolute Gasteiger partial charge is 0.497 e. The standard InChI is InChI=1S/C15H17ClN2O3/c1-4-7-18-14(12(16)9-17-18)15(19)11-8-10(20-2)5-6-13(11)21-3/h5-6,8-9H,4,7H2,1-3H3. The molecule has 112 valence electrons. The highest BCUT2D eigenvalue weighted by Gasteiger charge is 2.22. The molecule has 1 aromatic heterocycles. The molecule has 0 saturated carbocycles. The van der Waals surface area contributed by atoms with Gasteiger partial charge in [0.1, 0.15) is 17.2 Å². The van der Waals surface area contributed by atoms with Crippen LogP contribution in [0.4, 0.5) is 0 Å². The van der Waals surface area contributed by atoms with Crippen LogP contribution < -0.4 is 9.47 Å². The monoisotopic (exact) mass is 308 g/mol. The first-order valence-electron chi connectivity index (χ1n) is 6.60. The van der Waals surface area contributed by atoms with Gasteiger partial charge in [-0.25, -0.2) is 0 Å². The summed E-state index contributed by atoms with van der Waals surface area (Å²) in [5.41, 5.74) is 0.765. The minimum absolute atomic E-state index is 0.235. The maximum absolute atomic E-state index is 12.8. The summed E-state index contributed by atoms with van der Waals surface area (Å²) < 4.78 is 12.0. The van der Waals surface area contributed by atoms with Crippen molar-refractivity contribution in [1.29, 1.82) is 0 Å². The second-order valence-electron chi connectivity index (χ2n) is 4.46. The van der Waals surface area contributed by atoms with Crippen LogP contribution in [0, 0.1) is 0 Å². The van der Waals surface area contributed by atoms with Crippen LogP contribution in [0.3, 0.4) is 0 Å². The molecule has 0 amide bonds. The first kappa shape index (κ1) is 15.4. The molecule has 0 spiro atoms. The average molecular weight is 309 g/mol. The molecule has 0 atom stereocenters. The first-order chi connectivity index (χ1) is 10.1. The van der Waals surface area contributed by atoms with Gasteiger partial charge in [0.05, 0.1) is 31.0 Å². The van der Waals surface area contributed by atoms with Gasteiger partial charge in [0.15, 0.2) is 0 Å². The van der Waals surface area contributed by atoms with Crippen molar-refractivity contribution in [2.75, 3.05) is 14.2 Å². The number of carbonyl (C=O) groups excluding carboxylic acids is 1. The highest BCUT2D eigenvalue weighted by molar-refractivity contribution is 6.34. The highest BCUT2D eigenvalue weighted by atomic mass is 35.5. The molecule has 0 aliphatic rings. The van der Waals surface area contributed by atoms with Crippen LogP contribution in [-0.2, 0) is 6.54 Å². The number of methoxy groups -OCH3 is 2. The Morgan fingerprint density at radius 2 is 2.10 bits per heavy atom. The Morgan fingerprint density at radius 3 is 2.71 bits per heavy atom. The van der Waals surface area contributed by atoms with Gasteiger partial charge in [-0.1, -0.05) is 18.5 Å². The molecule has 2 rings (SSSR count). The SMILES string of the molecule is CCCn1ncc(Cl)c1C(=O)c1cc(OC)ccc1OC. The van der Waals surface area contributed by atoms with E-state index in [0.717, 1.165) is 6.42 Å². The number of rotatable bonds is 6. The smallest absolute Gasteiger partial charge is 0.216 e. The lowest BCUT2D eigenvalue weighted by Crippen LogP contribution is -2.13. The maximum atomic E-state index is 12.8. The van der Waals surface area contributed by atoms with E-state index in [1.54, 1.807) is 30.0 Å². The number of benzene rings is 1. The molecule has 0 bridgehead atoms. The zero-order chi connectivity index (χ0) is 15.4. The molecular formula is C15H17ClN2O3. The Kier molecular flexibility index (Phi) is 4.85. The van der Waals surface area contributed by atoms with Gasteiger partial charge in [0.2, 0.25) is 5.78 Å². The van der Waals surface area contributed by atoms with E-state index in [9.17, 15) is 4.79 Å². The number of nitrogens with zero attached hydrogens (tertiary/aromatic N) is 2. The number of aryl methyl sites for hydroxylation is 1. The molecule has 21 heavy (non-hydrogen) atoms. The molecule has 5 nitrogen and oxygen atoms in total. The van der Waals surface area contributed by atoms with E-state index in [0.29, 0.717) is 34.3 Å². The summed E-state index contributed by atoms with van der Waals surface area (Å²) in [7, 11) is 3.06. The van der Waals surface area contributed by atoms with E-state index in [-0.39, 0.29) is 5.78 Å². The topological polar surface area (TPSA) is 53.4 Å². The van der Waals surface area contributed by atoms with Gasteiger partial charge in [-0.05, 0) is 24.6 Å². The first-order valence-corrected chi connectivity index (χ1v) is 6.98. The maximum Gasteiger partial charge on any atom is 0.216 e. The number of ether oxygens (including phenoxy) is 2. The molecular weight excluding hydrogens is 292 g/mol. The average Bonchev–Trinajstić information content (AvgIpc) is 2.87. The van der Waals surface area contributed by atoms with Gasteiger partial charge in [0, 0.05) is 6.54 Å². The van der Waals surface area contributed by atoms with Gasteiger partial charge >= 0.3 is 0 Å². The second kappa shape index (κ2) is 6.63. The zero-order valence-corrected chi connectivity index (χ0v) is 13.0. The second-order valence-corrected chi connectivity index (χ2v) is 4.87. The van der Waals surface area contributed by atoms with Gasteiger partial charge < -0.3 is 9.47 Å². The Hall–Kier alpha value is -2.01. The third-order valence-electron chi connectivity index (χ3n) is 3.10. The van der Waals surface area contributed by atoms with Crippen LogP contribution in [-0.4, -0.2) is 29.8 Å². The van der Waals surface area contributed by atoms with Crippen molar-refractivity contribution in [3.8, 4) is 11.5 Å². The fourth-order valence-electron chi connectivity index (χ4n) is 2.09. The van der Waals surface area contributed by atoms with E-state index in [1.165, 1.54) is 13.3 Å². The van der Waals surface area contributed by atoms with Gasteiger partial charge in [-0.15, -0.1) is 0 Å². The van der Waals surface area contributed by atoms with E-state index in [2.05, 4.69) is 5.10 Å². The van der Waals surface area contributed by atoms with Crippen molar-refractivity contribution in [2.24, 2.45) is 0 Å². The molecule has 0 saturated heterocycles. The summed E-state index contributed by atoms with van der Waals surface area (Å²) in [5, 5.41) is 4.47. The molecule has 0 aliphatic carbocycles. The molecule has 0 N–H and O–H groups in total. The van der Waals surface area contributed by atoms with Crippen LogP contribution in [0.2, 0.25) is 5.02 Å². The Balaban J connectivity index is 2.51. The van der Waals surface area contributed by atoms with Crippen molar-refractivity contribution in [3.05, 3.63) is 40.7 Å². The predicted molar refractivity (Wildman–Crippen MR) is 80.5 cm³/mol. The number of carbonyl (C=O) groups is 1. The van der Waals surface area contributed by atoms with E-state index in [4.69, 9.17) is 21.1 Å². The number of halogens is 1. The fourth-order valence-corrected chi connectivity index (χ4v) is 2.32. The van der Waals surface area contributed by atoms with Gasteiger partial charge in [-0.2, -0.15) is 5.10 Å². The molecule has 1 aromatic carbocycles. The fraction of sp³-hybridized carbons (Fsp3) is 0.333. The van der Waals surface area contributed by atoms with Crippen LogP contribution in [0.15, 0.2) is 24.4 Å². The number of hydrogen-bond donors (Lipinski definition) is 0. The van der Waals surface area contributed by atoms with Crippen LogP contribution in [0.25, 0.3) is 0 Å². The van der Waals surface area contributed by atoms with Crippen LogP contribution in [0.1, 0.15) is 29.4 Å². The molecule has 0 unspecified atom stereocenters. The Labute approximate surface area is 128 Å². The molecule has 0 fully saturated rings. The highest BCUT2D eigenvalue weighted by Crippen LogP contribution is 2.28. The summed E-state index contributed by atoms with van der Waals surface area (Å²) >= 11 is 6.12. The van der Waals surface area contributed by atoms with Gasteiger partial charge in [-0.3, -0.25) is 9.48 Å². The summed E-state index contributed by atoms with van der Waals surface area (Å²) in [4.78, 5) is 12.8. The van der Waals surface area contributed by atoms with Crippen molar-refractivity contribution in [1.82, 2.24) is 9.78 Å². The minimum atomic E-state index is -0.235. The minimum Gasteiger partial charge on any atom is -0.497 e. The third kappa shape index (κ3) is 3.03. The summed E-state index contributed by atoms with van der Waals surface area (Å²) in [6.07, 6.45) is 2.34. The number of aromatic nitrogens is 2. The van der Waals surface area contributed by atoms with Crippen molar-refractivity contribution in [3.63, 3.8) is 0 Å². The van der Waals surface area contributed by atoms with E-state index < -0.39 is 0 Å². The normalized spacial score (nSPS) is 10.5. The molecule has 0 aliphatic heterocycles. The number of ketones is 1. The molecule has 1 heterocycles. The van der Waals surface area contributed by atoms with E-state index >= 15 is 0 Å². The number of hydrogen-bond acceptors (Lipinski definition) is 4. The lowest BCUT2D eigenvalue weighted by Gasteiger charge is -2.11. The van der Waals surface area contributed by atoms with Crippen molar-refractivity contribution < 1.29 is 14.3 Å². The molecule has 0 radical (unpaired) electrons. The van der Waals surface area contributed by atoms with Crippen LogP contribution in [0.5, 0.6) is 11.5 Å². The predicted octanol–water partition coefficient (Wildman–Crippen LogP) is 3.19. The molecule has 2 aromatic rings. The lowest BCUT2D eigenvalue weighted by molar-refractivity contribution is 0.102.